The Kier molecular flexibility index (Phi) is 3.81. The van der Waals surface area contributed by atoms with Gasteiger partial charge in [0.1, 0.15) is 17.9 Å². The molecule has 19 heavy (non-hydrogen) atoms. The first-order valence-corrected chi connectivity index (χ1v) is 6.16. The number of anilines is 1. The van der Waals surface area contributed by atoms with Gasteiger partial charge >= 0.3 is 0 Å². The summed E-state index contributed by atoms with van der Waals surface area (Å²) in [5, 5.41) is 9.09. The van der Waals surface area contributed by atoms with Gasteiger partial charge in [-0.15, -0.1) is 6.58 Å². The molecule has 1 aliphatic heterocycles. The molecular formula is C14H16N4O. The highest BCUT2D eigenvalue weighted by molar-refractivity contribution is 5.87. The van der Waals surface area contributed by atoms with E-state index in [0.717, 1.165) is 6.42 Å². The van der Waals surface area contributed by atoms with E-state index in [0.29, 0.717) is 24.5 Å². The molecule has 0 unspecified atom stereocenters. The van der Waals surface area contributed by atoms with Gasteiger partial charge in [0, 0.05) is 26.3 Å². The maximum absolute atomic E-state index is 12.2. The minimum Gasteiger partial charge on any atom is -0.346 e. The van der Waals surface area contributed by atoms with Crippen LogP contribution in [0.1, 0.15) is 12.0 Å². The van der Waals surface area contributed by atoms with Crippen LogP contribution in [0.25, 0.3) is 0 Å². The first-order valence-electron chi connectivity index (χ1n) is 6.16. The van der Waals surface area contributed by atoms with Crippen LogP contribution in [0.4, 0.5) is 5.82 Å². The second-order valence-electron chi connectivity index (χ2n) is 4.47. The van der Waals surface area contributed by atoms with Gasteiger partial charge < -0.3 is 9.80 Å². The van der Waals surface area contributed by atoms with Crippen molar-refractivity contribution in [1.29, 1.82) is 5.26 Å². The monoisotopic (exact) mass is 256 g/mol. The van der Waals surface area contributed by atoms with Gasteiger partial charge in [-0.2, -0.15) is 5.26 Å². The van der Waals surface area contributed by atoms with Crippen LogP contribution in [-0.2, 0) is 4.79 Å². The van der Waals surface area contributed by atoms with Gasteiger partial charge in [-0.25, -0.2) is 4.98 Å². The quantitative estimate of drug-likeness (QED) is 0.759. The Morgan fingerprint density at radius 3 is 3.21 bits per heavy atom. The molecule has 98 valence electrons. The fraction of sp³-hybridized carbons (Fsp3) is 0.357. The lowest BCUT2D eigenvalue weighted by atomic mass is 10.2. The number of rotatable bonds is 4. The Balaban J connectivity index is 2.21. The predicted molar refractivity (Wildman–Crippen MR) is 72.5 cm³/mol. The lowest BCUT2D eigenvalue weighted by molar-refractivity contribution is -0.128. The molecule has 2 rings (SSSR count). The van der Waals surface area contributed by atoms with Crippen molar-refractivity contribution in [2.75, 3.05) is 25.0 Å². The Morgan fingerprint density at radius 2 is 2.53 bits per heavy atom. The van der Waals surface area contributed by atoms with Gasteiger partial charge in [-0.05, 0) is 18.6 Å². The number of carbonyl (C=O) groups is 1. The molecule has 0 spiro atoms. The largest absolute Gasteiger partial charge is 0.346 e. The zero-order valence-corrected chi connectivity index (χ0v) is 10.9. The van der Waals surface area contributed by atoms with E-state index < -0.39 is 0 Å². The Hall–Kier alpha value is -2.35. The fourth-order valence-electron chi connectivity index (χ4n) is 2.33. The number of nitrogens with zero attached hydrogens (tertiary/aromatic N) is 4. The molecule has 1 aromatic rings. The van der Waals surface area contributed by atoms with Crippen LogP contribution >= 0.6 is 0 Å². The average molecular weight is 256 g/mol. The third kappa shape index (κ3) is 2.43. The molecule has 0 aliphatic carbocycles. The number of pyridine rings is 1. The summed E-state index contributed by atoms with van der Waals surface area (Å²) in [6.45, 7) is 4.93. The number of hydrogen-bond donors (Lipinski definition) is 0. The van der Waals surface area contributed by atoms with Gasteiger partial charge in [-0.3, -0.25) is 4.79 Å². The zero-order valence-electron chi connectivity index (χ0n) is 10.9. The minimum atomic E-state index is -0.248. The van der Waals surface area contributed by atoms with Crippen molar-refractivity contribution in [3.8, 4) is 6.07 Å². The SMILES string of the molecule is C=CCN1CC[C@@H](N(C)c2ncccc2C#N)C1=O. The first kappa shape index (κ1) is 13.1. The number of nitriles is 1. The molecule has 0 bridgehead atoms. The number of hydrogen-bond acceptors (Lipinski definition) is 4. The van der Waals surface area contributed by atoms with Crippen molar-refractivity contribution in [3.63, 3.8) is 0 Å². The molecule has 1 saturated heterocycles. The van der Waals surface area contributed by atoms with Crippen molar-refractivity contribution in [2.24, 2.45) is 0 Å². The highest BCUT2D eigenvalue weighted by atomic mass is 16.2. The van der Waals surface area contributed by atoms with Gasteiger partial charge in [0.2, 0.25) is 5.91 Å². The van der Waals surface area contributed by atoms with Gasteiger partial charge in [0.25, 0.3) is 0 Å². The van der Waals surface area contributed by atoms with Gasteiger partial charge in [0.15, 0.2) is 0 Å². The number of carbonyl (C=O) groups excluding carboxylic acids is 1. The van der Waals surface area contributed by atoms with Crippen LogP contribution in [0, 0.1) is 11.3 Å². The molecule has 5 nitrogen and oxygen atoms in total. The molecule has 0 saturated carbocycles. The number of amides is 1. The average Bonchev–Trinajstić information content (AvgIpc) is 2.80. The van der Waals surface area contributed by atoms with E-state index in [2.05, 4.69) is 17.6 Å². The van der Waals surface area contributed by atoms with Crippen molar-refractivity contribution < 1.29 is 4.79 Å². The summed E-state index contributed by atoms with van der Waals surface area (Å²) >= 11 is 0. The first-order chi connectivity index (χ1) is 9.19. The minimum absolute atomic E-state index is 0.0666. The Labute approximate surface area is 112 Å². The van der Waals surface area contributed by atoms with E-state index in [9.17, 15) is 4.79 Å². The summed E-state index contributed by atoms with van der Waals surface area (Å²) in [6.07, 6.45) is 4.10. The molecule has 5 heteroatoms. The van der Waals surface area contributed by atoms with Crippen molar-refractivity contribution in [1.82, 2.24) is 9.88 Å². The molecule has 1 amide bonds. The van der Waals surface area contributed by atoms with Crippen LogP contribution < -0.4 is 4.90 Å². The normalized spacial score (nSPS) is 18.2. The third-order valence-corrected chi connectivity index (χ3v) is 3.33. The number of likely N-dealkylation sites (N-methyl/N-ethyl adjacent to an activating group) is 1. The van der Waals surface area contributed by atoms with E-state index in [1.165, 1.54) is 0 Å². The lowest BCUT2D eigenvalue weighted by Gasteiger charge is -2.25. The highest BCUT2D eigenvalue weighted by Crippen LogP contribution is 2.23. The zero-order chi connectivity index (χ0) is 13.8. The molecule has 0 N–H and O–H groups in total. The van der Waals surface area contributed by atoms with Crippen LogP contribution in [0.5, 0.6) is 0 Å². The fourth-order valence-corrected chi connectivity index (χ4v) is 2.33. The third-order valence-electron chi connectivity index (χ3n) is 3.33. The summed E-state index contributed by atoms with van der Waals surface area (Å²) in [5.41, 5.74) is 0.486. The smallest absolute Gasteiger partial charge is 0.245 e. The Morgan fingerprint density at radius 1 is 1.74 bits per heavy atom. The second kappa shape index (κ2) is 5.53. The summed E-state index contributed by atoms with van der Waals surface area (Å²) in [7, 11) is 1.81. The summed E-state index contributed by atoms with van der Waals surface area (Å²) < 4.78 is 0. The summed E-state index contributed by atoms with van der Waals surface area (Å²) in [5.74, 6) is 0.626. The molecule has 1 aromatic heterocycles. The van der Waals surface area contributed by atoms with E-state index in [1.807, 2.05) is 7.05 Å². The molecule has 1 aliphatic rings. The number of aromatic nitrogens is 1. The molecule has 0 aromatic carbocycles. The molecule has 0 radical (unpaired) electrons. The lowest BCUT2D eigenvalue weighted by Crippen LogP contribution is -2.40. The van der Waals surface area contributed by atoms with E-state index >= 15 is 0 Å². The highest BCUT2D eigenvalue weighted by Gasteiger charge is 2.34. The van der Waals surface area contributed by atoms with Crippen molar-refractivity contribution in [2.45, 2.75) is 12.5 Å². The Bertz CT molecular complexity index is 534. The summed E-state index contributed by atoms with van der Waals surface area (Å²) in [4.78, 5) is 20.0. The maximum atomic E-state index is 12.2. The van der Waals surface area contributed by atoms with Crippen molar-refractivity contribution >= 4 is 11.7 Å². The topological polar surface area (TPSA) is 60.2 Å². The van der Waals surface area contributed by atoms with Crippen LogP contribution in [0.3, 0.4) is 0 Å². The van der Waals surface area contributed by atoms with Crippen molar-refractivity contribution in [3.05, 3.63) is 36.5 Å². The van der Waals surface area contributed by atoms with Crippen LogP contribution in [-0.4, -0.2) is 42.0 Å². The summed E-state index contributed by atoms with van der Waals surface area (Å²) in [6, 6.07) is 5.28. The van der Waals surface area contributed by atoms with Crippen LogP contribution in [0.2, 0.25) is 0 Å². The van der Waals surface area contributed by atoms with Gasteiger partial charge in [-0.1, -0.05) is 6.08 Å². The van der Waals surface area contributed by atoms with E-state index in [4.69, 9.17) is 5.26 Å². The van der Waals surface area contributed by atoms with Gasteiger partial charge in [0.05, 0.1) is 5.56 Å². The van der Waals surface area contributed by atoms with Crippen LogP contribution in [0.15, 0.2) is 31.0 Å². The number of likely N-dealkylation sites (tertiary alicyclic amines) is 1. The molecule has 2 heterocycles. The second-order valence-corrected chi connectivity index (χ2v) is 4.47. The van der Waals surface area contributed by atoms with E-state index in [1.54, 1.807) is 34.2 Å². The predicted octanol–water partition coefficient (Wildman–Crippen LogP) is 1.18. The van der Waals surface area contributed by atoms with E-state index in [-0.39, 0.29) is 11.9 Å². The molecular weight excluding hydrogens is 240 g/mol. The standard InChI is InChI=1S/C14H16N4O/c1-3-8-18-9-6-12(14(18)19)17(2)13-11(10-15)5-4-7-16-13/h3-5,7,12H,1,6,8-9H2,2H3/t12-/m1/s1. The maximum Gasteiger partial charge on any atom is 0.245 e. The molecule has 1 atom stereocenters. The molecule has 1 fully saturated rings.